The Labute approximate surface area is 183 Å². The fourth-order valence-corrected chi connectivity index (χ4v) is 3.94. The molecule has 31 heavy (non-hydrogen) atoms. The van der Waals surface area contributed by atoms with Crippen molar-refractivity contribution in [2.75, 3.05) is 19.7 Å². The quantitative estimate of drug-likeness (QED) is 0.516. The summed E-state index contributed by atoms with van der Waals surface area (Å²) in [6.45, 7) is 3.47. The Morgan fingerprint density at radius 3 is 2.16 bits per heavy atom. The van der Waals surface area contributed by atoms with E-state index in [9.17, 15) is 26.3 Å². The van der Waals surface area contributed by atoms with Crippen LogP contribution in [0, 0.1) is 12.8 Å². The molecule has 1 heterocycles. The van der Waals surface area contributed by atoms with Gasteiger partial charge in [-0.3, -0.25) is 0 Å². The lowest BCUT2D eigenvalue weighted by molar-refractivity contribution is -0.143. The van der Waals surface area contributed by atoms with Crippen molar-refractivity contribution >= 4 is 12.4 Å². The van der Waals surface area contributed by atoms with E-state index >= 15 is 0 Å². The number of ether oxygens (including phenoxy) is 1. The molecule has 1 aliphatic rings. The molecule has 0 radical (unpaired) electrons. The van der Waals surface area contributed by atoms with Gasteiger partial charge in [-0.05, 0) is 60.7 Å². The van der Waals surface area contributed by atoms with Crippen molar-refractivity contribution in [3.8, 4) is 0 Å². The van der Waals surface area contributed by atoms with Crippen molar-refractivity contribution in [3.63, 3.8) is 0 Å². The van der Waals surface area contributed by atoms with Crippen molar-refractivity contribution in [1.82, 2.24) is 5.32 Å². The molecule has 0 aromatic heterocycles. The number of aryl methyl sites for hydroxylation is 1. The third kappa shape index (κ3) is 6.60. The number of benzene rings is 2. The van der Waals surface area contributed by atoms with Crippen LogP contribution in [0.15, 0.2) is 42.5 Å². The molecule has 2 aromatic rings. The number of hydrogen-bond acceptors (Lipinski definition) is 2. The van der Waals surface area contributed by atoms with E-state index in [0.29, 0.717) is 18.7 Å². The molecule has 0 spiro atoms. The van der Waals surface area contributed by atoms with Crippen LogP contribution in [0.4, 0.5) is 26.3 Å². The van der Waals surface area contributed by atoms with Gasteiger partial charge in [0.2, 0.25) is 0 Å². The maximum Gasteiger partial charge on any atom is 0.416 e. The van der Waals surface area contributed by atoms with Gasteiger partial charge in [-0.15, -0.1) is 12.4 Å². The summed E-state index contributed by atoms with van der Waals surface area (Å²) < 4.78 is 83.7. The molecular weight excluding hydrogens is 444 g/mol. The number of nitrogens with one attached hydrogen (secondary N) is 1. The molecule has 0 bridgehead atoms. The van der Waals surface area contributed by atoms with Crippen LogP contribution < -0.4 is 5.32 Å². The molecule has 1 aliphatic heterocycles. The Balaban J connectivity index is 0.00000341. The number of piperidine rings is 1. The molecule has 0 aliphatic carbocycles. The predicted octanol–water partition coefficient (Wildman–Crippen LogP) is 6.36. The molecule has 1 fully saturated rings. The highest BCUT2D eigenvalue weighted by Crippen LogP contribution is 2.37. The second-order valence-electron chi connectivity index (χ2n) is 7.65. The Morgan fingerprint density at radius 2 is 1.58 bits per heavy atom. The summed E-state index contributed by atoms with van der Waals surface area (Å²) in [6.07, 6.45) is -8.83. The first-order valence-electron chi connectivity index (χ1n) is 9.68. The average molecular weight is 468 g/mol. The van der Waals surface area contributed by atoms with Crippen LogP contribution in [0.25, 0.3) is 0 Å². The molecule has 3 rings (SSSR count). The molecular formula is C22H24ClF6NO. The second kappa shape index (κ2) is 10.2. The molecule has 2 unspecified atom stereocenters. The number of rotatable bonds is 5. The summed E-state index contributed by atoms with van der Waals surface area (Å²) in [5.74, 6) is 0.299. The Bertz CT molecular complexity index is 836. The van der Waals surface area contributed by atoms with Crippen LogP contribution in [0.3, 0.4) is 0 Å². The standard InChI is InChI=1S/C22H23F6NO.ClH/c1-14-4-2-3-5-19(14)20-6-7-29-11-16(20)13-30-12-15-8-17(21(23,24)25)10-18(9-15)22(26,27)28;/h2-5,8-10,16,20,29H,6-7,11-13H2,1H3;1H. The van der Waals surface area contributed by atoms with Gasteiger partial charge < -0.3 is 10.1 Å². The summed E-state index contributed by atoms with van der Waals surface area (Å²) in [7, 11) is 0. The third-order valence-electron chi connectivity index (χ3n) is 5.44. The Morgan fingerprint density at radius 1 is 0.968 bits per heavy atom. The van der Waals surface area contributed by atoms with Crippen LogP contribution >= 0.6 is 12.4 Å². The summed E-state index contributed by atoms with van der Waals surface area (Å²) in [4.78, 5) is 0. The first-order chi connectivity index (χ1) is 14.1. The lowest BCUT2D eigenvalue weighted by Crippen LogP contribution is -2.38. The lowest BCUT2D eigenvalue weighted by Gasteiger charge is -2.33. The van der Waals surface area contributed by atoms with E-state index in [2.05, 4.69) is 11.4 Å². The van der Waals surface area contributed by atoms with Crippen LogP contribution in [0.5, 0.6) is 0 Å². The highest BCUT2D eigenvalue weighted by molar-refractivity contribution is 5.85. The average Bonchev–Trinajstić information content (AvgIpc) is 2.67. The van der Waals surface area contributed by atoms with Gasteiger partial charge >= 0.3 is 12.4 Å². The lowest BCUT2D eigenvalue weighted by atomic mass is 9.80. The summed E-state index contributed by atoms with van der Waals surface area (Å²) >= 11 is 0. The van der Waals surface area contributed by atoms with Crippen LogP contribution in [-0.2, 0) is 23.7 Å². The highest BCUT2D eigenvalue weighted by Gasteiger charge is 2.37. The van der Waals surface area contributed by atoms with Crippen molar-refractivity contribution in [3.05, 3.63) is 70.3 Å². The molecule has 2 aromatic carbocycles. The van der Waals surface area contributed by atoms with E-state index in [4.69, 9.17) is 4.74 Å². The number of hydrogen-bond donors (Lipinski definition) is 1. The van der Waals surface area contributed by atoms with E-state index in [1.54, 1.807) is 0 Å². The van der Waals surface area contributed by atoms with E-state index < -0.39 is 23.5 Å². The minimum Gasteiger partial charge on any atom is -0.376 e. The van der Waals surface area contributed by atoms with E-state index in [1.807, 2.05) is 25.1 Å². The van der Waals surface area contributed by atoms with Crippen LogP contribution in [0.1, 0.15) is 40.2 Å². The zero-order chi connectivity index (χ0) is 21.9. The van der Waals surface area contributed by atoms with Crippen molar-refractivity contribution in [1.29, 1.82) is 0 Å². The molecule has 172 valence electrons. The maximum atomic E-state index is 13.0. The van der Waals surface area contributed by atoms with Crippen LogP contribution in [-0.4, -0.2) is 19.7 Å². The van der Waals surface area contributed by atoms with Crippen molar-refractivity contribution in [2.45, 2.75) is 38.2 Å². The fourth-order valence-electron chi connectivity index (χ4n) is 3.94. The maximum absolute atomic E-state index is 13.0. The largest absolute Gasteiger partial charge is 0.416 e. The summed E-state index contributed by atoms with van der Waals surface area (Å²) in [5, 5.41) is 3.28. The SMILES string of the molecule is Cc1ccccc1C1CCNCC1COCc1cc(C(F)(F)F)cc(C(F)(F)F)c1.Cl. The third-order valence-corrected chi connectivity index (χ3v) is 5.44. The molecule has 1 saturated heterocycles. The molecule has 2 nitrogen and oxygen atoms in total. The highest BCUT2D eigenvalue weighted by atomic mass is 35.5. The van der Waals surface area contributed by atoms with E-state index in [-0.39, 0.29) is 49.1 Å². The Hall–Kier alpha value is -1.77. The topological polar surface area (TPSA) is 21.3 Å². The number of halogens is 7. The monoisotopic (exact) mass is 467 g/mol. The van der Waals surface area contributed by atoms with E-state index in [0.717, 1.165) is 18.5 Å². The van der Waals surface area contributed by atoms with Crippen molar-refractivity contribution < 1.29 is 31.1 Å². The molecule has 1 N–H and O–H groups in total. The molecule has 0 saturated carbocycles. The number of alkyl halides is 6. The fraction of sp³-hybridized carbons (Fsp3) is 0.455. The van der Waals surface area contributed by atoms with Gasteiger partial charge in [0.1, 0.15) is 0 Å². The summed E-state index contributed by atoms with van der Waals surface area (Å²) in [6, 6.07) is 9.56. The molecule has 2 atom stereocenters. The van der Waals surface area contributed by atoms with Gasteiger partial charge in [-0.2, -0.15) is 26.3 Å². The van der Waals surface area contributed by atoms with E-state index in [1.165, 1.54) is 5.56 Å². The van der Waals surface area contributed by atoms with Gasteiger partial charge in [-0.1, -0.05) is 24.3 Å². The van der Waals surface area contributed by atoms with Crippen LogP contribution in [0.2, 0.25) is 0 Å². The molecule has 9 heteroatoms. The minimum absolute atomic E-state index is 0. The first-order valence-corrected chi connectivity index (χ1v) is 9.68. The molecule has 0 amide bonds. The van der Waals surface area contributed by atoms with Gasteiger partial charge in [0.05, 0.1) is 24.3 Å². The minimum atomic E-state index is -4.86. The van der Waals surface area contributed by atoms with Gasteiger partial charge in [0, 0.05) is 12.5 Å². The second-order valence-corrected chi connectivity index (χ2v) is 7.65. The smallest absolute Gasteiger partial charge is 0.376 e. The first kappa shape index (κ1) is 25.5. The zero-order valence-electron chi connectivity index (χ0n) is 16.8. The summed E-state index contributed by atoms with van der Waals surface area (Å²) in [5.41, 5.74) is -0.442. The normalized spacial score (nSPS) is 19.7. The zero-order valence-corrected chi connectivity index (χ0v) is 17.6. The van der Waals surface area contributed by atoms with Gasteiger partial charge in [0.25, 0.3) is 0 Å². The Kier molecular flexibility index (Phi) is 8.41. The van der Waals surface area contributed by atoms with Crippen molar-refractivity contribution in [2.24, 2.45) is 5.92 Å². The van der Waals surface area contributed by atoms with Gasteiger partial charge in [-0.25, -0.2) is 0 Å². The van der Waals surface area contributed by atoms with Gasteiger partial charge in [0.15, 0.2) is 0 Å². The predicted molar refractivity (Wildman–Crippen MR) is 108 cm³/mol.